The Morgan fingerprint density at radius 2 is 1.85 bits per heavy atom. The van der Waals surface area contributed by atoms with Crippen LogP contribution >= 0.6 is 0 Å². The van der Waals surface area contributed by atoms with Crippen LogP contribution in [0.4, 0.5) is 0 Å². The highest BCUT2D eigenvalue weighted by atomic mass is 15.2. The van der Waals surface area contributed by atoms with Gasteiger partial charge in [0.2, 0.25) is 0 Å². The molecule has 1 unspecified atom stereocenters. The molecular weight excluding hydrogens is 246 g/mol. The summed E-state index contributed by atoms with van der Waals surface area (Å²) in [5, 5.41) is 1.37. The number of benzene rings is 1. The predicted molar refractivity (Wildman–Crippen MR) is 84.9 cm³/mol. The van der Waals surface area contributed by atoms with Crippen LogP contribution in [0, 0.1) is 6.92 Å². The monoisotopic (exact) mass is 271 g/mol. The third-order valence-electron chi connectivity index (χ3n) is 4.84. The molecular formula is C17H25N3. The van der Waals surface area contributed by atoms with Gasteiger partial charge < -0.3 is 10.3 Å². The first-order valence-electron chi connectivity index (χ1n) is 7.72. The molecule has 0 aliphatic carbocycles. The fourth-order valence-electron chi connectivity index (χ4n) is 3.65. The summed E-state index contributed by atoms with van der Waals surface area (Å²) in [4.78, 5) is 2.58. The van der Waals surface area contributed by atoms with E-state index in [4.69, 9.17) is 5.73 Å². The fraction of sp³-hybridized carbons (Fsp3) is 0.529. The molecule has 20 heavy (non-hydrogen) atoms. The minimum absolute atomic E-state index is 0.362. The van der Waals surface area contributed by atoms with E-state index in [0.717, 1.165) is 0 Å². The lowest BCUT2D eigenvalue weighted by Crippen LogP contribution is -2.37. The minimum atomic E-state index is 0.362. The van der Waals surface area contributed by atoms with Crippen molar-refractivity contribution in [1.82, 2.24) is 9.47 Å². The molecule has 1 saturated heterocycles. The Kier molecular flexibility index (Phi) is 3.81. The normalized spacial score (nSPS) is 18.6. The standard InChI is InChI=1S/C17H25N3/c1-13-17(14-8-4-5-9-15(14)19(13)2)16(12-18)20-10-6-3-7-11-20/h4-5,8-9,16H,3,6-7,10-12,18H2,1-2H3. The predicted octanol–water partition coefficient (Wildman–Crippen LogP) is 2.97. The van der Waals surface area contributed by atoms with E-state index in [-0.39, 0.29) is 0 Å². The van der Waals surface area contributed by atoms with Crippen molar-refractivity contribution in [2.45, 2.75) is 32.2 Å². The van der Waals surface area contributed by atoms with Gasteiger partial charge in [-0.15, -0.1) is 0 Å². The van der Waals surface area contributed by atoms with E-state index >= 15 is 0 Å². The number of rotatable bonds is 3. The molecule has 2 N–H and O–H groups in total. The number of aromatic nitrogens is 1. The fourth-order valence-corrected chi connectivity index (χ4v) is 3.65. The van der Waals surface area contributed by atoms with E-state index < -0.39 is 0 Å². The van der Waals surface area contributed by atoms with Gasteiger partial charge in [-0.3, -0.25) is 4.90 Å². The van der Waals surface area contributed by atoms with E-state index in [0.29, 0.717) is 12.6 Å². The van der Waals surface area contributed by atoms with E-state index in [2.05, 4.69) is 47.7 Å². The van der Waals surface area contributed by atoms with Crippen LogP contribution in [-0.2, 0) is 7.05 Å². The summed E-state index contributed by atoms with van der Waals surface area (Å²) in [6, 6.07) is 9.06. The second-order valence-electron chi connectivity index (χ2n) is 5.92. The Morgan fingerprint density at radius 3 is 2.55 bits per heavy atom. The molecule has 3 rings (SSSR count). The van der Waals surface area contributed by atoms with Crippen molar-refractivity contribution in [1.29, 1.82) is 0 Å². The summed E-state index contributed by atoms with van der Waals surface area (Å²) in [6.45, 7) is 5.30. The van der Waals surface area contributed by atoms with Crippen molar-refractivity contribution >= 4 is 10.9 Å². The van der Waals surface area contributed by atoms with Gasteiger partial charge in [0.1, 0.15) is 0 Å². The lowest BCUT2D eigenvalue weighted by molar-refractivity contribution is 0.168. The minimum Gasteiger partial charge on any atom is -0.348 e. The van der Waals surface area contributed by atoms with Gasteiger partial charge in [-0.1, -0.05) is 24.6 Å². The lowest BCUT2D eigenvalue weighted by atomic mass is 9.99. The third-order valence-corrected chi connectivity index (χ3v) is 4.84. The number of nitrogens with two attached hydrogens (primary N) is 1. The lowest BCUT2D eigenvalue weighted by Gasteiger charge is -2.34. The van der Waals surface area contributed by atoms with Gasteiger partial charge in [0.15, 0.2) is 0 Å². The molecule has 1 aromatic carbocycles. The molecule has 1 aromatic heterocycles. The van der Waals surface area contributed by atoms with Crippen LogP contribution in [0.5, 0.6) is 0 Å². The maximum Gasteiger partial charge on any atom is 0.0494 e. The summed E-state index contributed by atoms with van der Waals surface area (Å²) in [7, 11) is 2.16. The molecule has 0 spiro atoms. The Bertz CT molecular complexity index is 594. The summed E-state index contributed by atoms with van der Waals surface area (Å²) >= 11 is 0. The smallest absolute Gasteiger partial charge is 0.0494 e. The molecule has 1 fully saturated rings. The van der Waals surface area contributed by atoms with Crippen molar-refractivity contribution in [3.63, 3.8) is 0 Å². The zero-order valence-electron chi connectivity index (χ0n) is 12.6. The van der Waals surface area contributed by atoms with Crippen molar-refractivity contribution in [3.8, 4) is 0 Å². The Morgan fingerprint density at radius 1 is 1.15 bits per heavy atom. The van der Waals surface area contributed by atoms with Crippen molar-refractivity contribution in [3.05, 3.63) is 35.5 Å². The molecule has 0 radical (unpaired) electrons. The zero-order valence-corrected chi connectivity index (χ0v) is 12.6. The van der Waals surface area contributed by atoms with Gasteiger partial charge in [-0.25, -0.2) is 0 Å². The number of fused-ring (bicyclic) bond motifs is 1. The number of aryl methyl sites for hydroxylation is 1. The highest BCUT2D eigenvalue weighted by Crippen LogP contribution is 2.33. The van der Waals surface area contributed by atoms with Crippen LogP contribution in [0.15, 0.2) is 24.3 Å². The Balaban J connectivity index is 2.09. The van der Waals surface area contributed by atoms with E-state index in [1.54, 1.807) is 0 Å². The quantitative estimate of drug-likeness (QED) is 0.931. The maximum absolute atomic E-state index is 6.15. The summed E-state index contributed by atoms with van der Waals surface area (Å²) in [5.41, 5.74) is 10.3. The molecule has 1 atom stereocenters. The summed E-state index contributed by atoms with van der Waals surface area (Å²) < 4.78 is 2.30. The van der Waals surface area contributed by atoms with Gasteiger partial charge in [-0.2, -0.15) is 0 Å². The average Bonchev–Trinajstić information content (AvgIpc) is 2.75. The highest BCUT2D eigenvalue weighted by molar-refractivity contribution is 5.86. The van der Waals surface area contributed by atoms with Gasteiger partial charge in [0.25, 0.3) is 0 Å². The van der Waals surface area contributed by atoms with Crippen molar-refractivity contribution in [2.24, 2.45) is 12.8 Å². The highest BCUT2D eigenvalue weighted by Gasteiger charge is 2.26. The van der Waals surface area contributed by atoms with Crippen LogP contribution in [0.2, 0.25) is 0 Å². The molecule has 0 amide bonds. The molecule has 2 heterocycles. The Hall–Kier alpha value is -1.32. The van der Waals surface area contributed by atoms with Crippen LogP contribution in [0.3, 0.4) is 0 Å². The first kappa shape index (κ1) is 13.7. The molecule has 2 aromatic rings. The van der Waals surface area contributed by atoms with Crippen molar-refractivity contribution in [2.75, 3.05) is 19.6 Å². The van der Waals surface area contributed by atoms with E-state index in [1.165, 1.54) is 54.5 Å². The van der Waals surface area contributed by atoms with Crippen LogP contribution in [0.25, 0.3) is 10.9 Å². The first-order valence-corrected chi connectivity index (χ1v) is 7.72. The Labute approximate surface area is 121 Å². The number of para-hydroxylation sites is 1. The average molecular weight is 271 g/mol. The van der Waals surface area contributed by atoms with E-state index in [9.17, 15) is 0 Å². The summed E-state index contributed by atoms with van der Waals surface area (Å²) in [5.74, 6) is 0. The van der Waals surface area contributed by atoms with E-state index in [1.807, 2.05) is 0 Å². The first-order chi connectivity index (χ1) is 9.74. The number of hydrogen-bond acceptors (Lipinski definition) is 2. The molecule has 3 nitrogen and oxygen atoms in total. The molecule has 1 aliphatic heterocycles. The maximum atomic E-state index is 6.15. The van der Waals surface area contributed by atoms with Crippen LogP contribution in [0.1, 0.15) is 36.6 Å². The largest absolute Gasteiger partial charge is 0.348 e. The topological polar surface area (TPSA) is 34.2 Å². The molecule has 1 aliphatic rings. The number of piperidine rings is 1. The third kappa shape index (κ3) is 2.15. The second-order valence-corrected chi connectivity index (χ2v) is 5.92. The number of hydrogen-bond donors (Lipinski definition) is 1. The van der Waals surface area contributed by atoms with Gasteiger partial charge >= 0.3 is 0 Å². The van der Waals surface area contributed by atoms with Gasteiger partial charge in [-0.05, 0) is 44.5 Å². The van der Waals surface area contributed by atoms with Crippen molar-refractivity contribution < 1.29 is 0 Å². The van der Waals surface area contributed by atoms with Crippen LogP contribution < -0.4 is 5.73 Å². The molecule has 0 saturated carbocycles. The SMILES string of the molecule is Cc1c(C(CN)N2CCCCC2)c2ccccc2n1C. The zero-order chi connectivity index (χ0) is 14.1. The number of nitrogens with zero attached hydrogens (tertiary/aromatic N) is 2. The second kappa shape index (κ2) is 5.58. The molecule has 3 heteroatoms. The summed E-state index contributed by atoms with van der Waals surface area (Å²) in [6.07, 6.45) is 3.98. The number of likely N-dealkylation sites (tertiary alicyclic amines) is 1. The molecule has 108 valence electrons. The van der Waals surface area contributed by atoms with Gasteiger partial charge in [0, 0.05) is 36.2 Å². The molecule has 0 bridgehead atoms. The van der Waals surface area contributed by atoms with Gasteiger partial charge in [0.05, 0.1) is 0 Å². The van der Waals surface area contributed by atoms with Crippen LogP contribution in [-0.4, -0.2) is 29.1 Å².